The van der Waals surface area contributed by atoms with E-state index in [1.54, 1.807) is 45.0 Å². The van der Waals surface area contributed by atoms with Crippen molar-refractivity contribution in [3.8, 4) is 22.9 Å². The largest absolute Gasteiger partial charge is 0.484 e. The lowest BCUT2D eigenvalue weighted by molar-refractivity contribution is -0.158. The van der Waals surface area contributed by atoms with Crippen LogP contribution in [0.4, 0.5) is 13.2 Å². The van der Waals surface area contributed by atoms with Crippen molar-refractivity contribution in [2.75, 3.05) is 6.61 Å². The molecule has 0 aliphatic carbocycles. The van der Waals surface area contributed by atoms with Crippen molar-refractivity contribution in [1.82, 2.24) is 10.1 Å². The zero-order valence-electron chi connectivity index (χ0n) is 17.6. The van der Waals surface area contributed by atoms with Gasteiger partial charge in [-0.3, -0.25) is 0 Å². The fraction of sp³-hybridized carbons (Fsp3) is 0.318. The maximum absolute atomic E-state index is 12.7. The van der Waals surface area contributed by atoms with Crippen LogP contribution in [0.3, 0.4) is 0 Å². The lowest BCUT2D eigenvalue weighted by Crippen LogP contribution is -2.39. The SMILES string of the molecule is CCOC(=O)C(C)(C)Oc1ccc(OCc2nc(-c3ccc(C(F)(F)F)cc3)no2)cc1. The van der Waals surface area contributed by atoms with Gasteiger partial charge in [-0.05, 0) is 57.2 Å². The van der Waals surface area contributed by atoms with Crippen molar-refractivity contribution in [3.05, 3.63) is 60.0 Å². The predicted octanol–water partition coefficient (Wildman–Crippen LogP) is 5.05. The maximum atomic E-state index is 12.7. The van der Waals surface area contributed by atoms with Crippen LogP contribution in [-0.2, 0) is 22.3 Å². The first-order valence-corrected chi connectivity index (χ1v) is 9.68. The number of alkyl halides is 3. The Morgan fingerprint density at radius 1 is 1.00 bits per heavy atom. The van der Waals surface area contributed by atoms with Gasteiger partial charge < -0.3 is 18.7 Å². The number of rotatable bonds is 8. The highest BCUT2D eigenvalue weighted by Gasteiger charge is 2.32. The fourth-order valence-corrected chi connectivity index (χ4v) is 2.63. The molecule has 2 aromatic carbocycles. The topological polar surface area (TPSA) is 83.7 Å². The molecule has 0 N–H and O–H groups in total. The molecule has 1 heterocycles. The molecule has 0 fully saturated rings. The van der Waals surface area contributed by atoms with Gasteiger partial charge in [0.25, 0.3) is 5.89 Å². The van der Waals surface area contributed by atoms with E-state index in [0.717, 1.165) is 12.1 Å². The molecule has 0 bridgehead atoms. The number of esters is 1. The Morgan fingerprint density at radius 2 is 1.62 bits per heavy atom. The smallest absolute Gasteiger partial charge is 0.416 e. The number of ether oxygens (including phenoxy) is 3. The van der Waals surface area contributed by atoms with Gasteiger partial charge in [0, 0.05) is 5.56 Å². The number of hydrogen-bond donors (Lipinski definition) is 0. The summed E-state index contributed by atoms with van der Waals surface area (Å²) in [7, 11) is 0. The summed E-state index contributed by atoms with van der Waals surface area (Å²) in [4.78, 5) is 16.0. The number of aromatic nitrogens is 2. The van der Waals surface area contributed by atoms with Crippen molar-refractivity contribution < 1.29 is 36.7 Å². The third-order valence-corrected chi connectivity index (χ3v) is 4.26. The minimum absolute atomic E-state index is 0.0395. The maximum Gasteiger partial charge on any atom is 0.416 e. The molecule has 170 valence electrons. The monoisotopic (exact) mass is 450 g/mol. The standard InChI is InChI=1S/C22H21F3N2O5/c1-4-29-20(28)21(2,3)31-17-11-9-16(10-12-17)30-13-18-26-19(27-32-18)14-5-7-15(8-6-14)22(23,24)25/h5-12H,4,13H2,1-3H3. The fourth-order valence-electron chi connectivity index (χ4n) is 2.63. The van der Waals surface area contributed by atoms with E-state index in [1.165, 1.54) is 12.1 Å². The van der Waals surface area contributed by atoms with Crippen LogP contribution in [0.25, 0.3) is 11.4 Å². The first-order chi connectivity index (χ1) is 15.1. The van der Waals surface area contributed by atoms with Crippen LogP contribution in [0.15, 0.2) is 53.1 Å². The van der Waals surface area contributed by atoms with Gasteiger partial charge in [0.15, 0.2) is 12.2 Å². The molecule has 0 aliphatic rings. The molecule has 3 rings (SSSR count). The highest BCUT2D eigenvalue weighted by atomic mass is 19.4. The van der Waals surface area contributed by atoms with Crippen molar-refractivity contribution >= 4 is 5.97 Å². The molecule has 7 nitrogen and oxygen atoms in total. The lowest BCUT2D eigenvalue weighted by Gasteiger charge is -2.24. The highest BCUT2D eigenvalue weighted by molar-refractivity contribution is 5.79. The molecular formula is C22H21F3N2O5. The summed E-state index contributed by atoms with van der Waals surface area (Å²) in [6.45, 7) is 5.16. The molecular weight excluding hydrogens is 429 g/mol. The summed E-state index contributed by atoms with van der Waals surface area (Å²) in [5.41, 5.74) is -1.51. The Hall–Kier alpha value is -3.56. The summed E-state index contributed by atoms with van der Waals surface area (Å²) >= 11 is 0. The number of carbonyl (C=O) groups excluding carboxylic acids is 1. The van der Waals surface area contributed by atoms with Crippen molar-refractivity contribution in [2.45, 2.75) is 39.2 Å². The molecule has 0 saturated carbocycles. The molecule has 32 heavy (non-hydrogen) atoms. The van der Waals surface area contributed by atoms with Gasteiger partial charge in [0.2, 0.25) is 5.82 Å². The van der Waals surface area contributed by atoms with Gasteiger partial charge in [-0.2, -0.15) is 18.2 Å². The lowest BCUT2D eigenvalue weighted by atomic mass is 10.1. The van der Waals surface area contributed by atoms with Crippen molar-refractivity contribution in [2.24, 2.45) is 0 Å². The van der Waals surface area contributed by atoms with E-state index < -0.39 is 23.3 Å². The zero-order valence-corrected chi connectivity index (χ0v) is 17.6. The summed E-state index contributed by atoms with van der Waals surface area (Å²) in [5.74, 6) is 0.782. The Morgan fingerprint density at radius 3 is 2.22 bits per heavy atom. The van der Waals surface area contributed by atoms with E-state index >= 15 is 0 Å². The molecule has 10 heteroatoms. The van der Waals surface area contributed by atoms with Gasteiger partial charge in [-0.1, -0.05) is 17.3 Å². The number of nitrogens with zero attached hydrogens (tertiary/aromatic N) is 2. The first-order valence-electron chi connectivity index (χ1n) is 9.68. The first kappa shape index (κ1) is 23.1. The molecule has 0 radical (unpaired) electrons. The molecule has 1 aromatic heterocycles. The Kier molecular flexibility index (Phi) is 6.71. The number of carbonyl (C=O) groups is 1. The summed E-state index contributed by atoms with van der Waals surface area (Å²) in [5, 5.41) is 3.77. The molecule has 0 atom stereocenters. The van der Waals surface area contributed by atoms with Crippen molar-refractivity contribution in [1.29, 1.82) is 0 Å². The molecule has 0 unspecified atom stereocenters. The minimum atomic E-state index is -4.41. The van der Waals surface area contributed by atoms with E-state index in [4.69, 9.17) is 18.7 Å². The zero-order chi connectivity index (χ0) is 23.4. The van der Waals surface area contributed by atoms with Gasteiger partial charge in [-0.15, -0.1) is 0 Å². The van der Waals surface area contributed by atoms with Gasteiger partial charge in [0.05, 0.1) is 12.2 Å². The Labute approximate surface area is 182 Å². The van der Waals surface area contributed by atoms with Crippen LogP contribution >= 0.6 is 0 Å². The second-order valence-electron chi connectivity index (χ2n) is 7.18. The molecule has 0 spiro atoms. The van der Waals surface area contributed by atoms with Gasteiger partial charge >= 0.3 is 12.1 Å². The second kappa shape index (κ2) is 9.29. The number of halogens is 3. The van der Waals surface area contributed by atoms with Gasteiger partial charge in [0.1, 0.15) is 11.5 Å². The van der Waals surface area contributed by atoms with Crippen LogP contribution in [0.1, 0.15) is 32.2 Å². The Bertz CT molecular complexity index is 1040. The average molecular weight is 450 g/mol. The molecule has 0 saturated heterocycles. The molecule has 0 aliphatic heterocycles. The van der Waals surface area contributed by atoms with Crippen molar-refractivity contribution in [3.63, 3.8) is 0 Å². The van der Waals surface area contributed by atoms with Crippen LogP contribution in [0.2, 0.25) is 0 Å². The van der Waals surface area contributed by atoms with Crippen LogP contribution in [0.5, 0.6) is 11.5 Å². The highest BCUT2D eigenvalue weighted by Crippen LogP contribution is 2.30. The van der Waals surface area contributed by atoms with Crippen LogP contribution in [-0.4, -0.2) is 28.3 Å². The van der Waals surface area contributed by atoms with E-state index in [2.05, 4.69) is 10.1 Å². The van der Waals surface area contributed by atoms with Crippen LogP contribution in [0, 0.1) is 0 Å². The Balaban J connectivity index is 1.57. The quantitative estimate of drug-likeness (QED) is 0.444. The minimum Gasteiger partial charge on any atom is -0.484 e. The summed E-state index contributed by atoms with van der Waals surface area (Å²) < 4.78 is 59.3. The van der Waals surface area contributed by atoms with E-state index in [1.807, 2.05) is 0 Å². The van der Waals surface area contributed by atoms with E-state index in [9.17, 15) is 18.0 Å². The molecule has 0 amide bonds. The number of benzene rings is 2. The average Bonchev–Trinajstić information content (AvgIpc) is 3.22. The summed E-state index contributed by atoms with van der Waals surface area (Å²) in [6.07, 6.45) is -4.41. The second-order valence-corrected chi connectivity index (χ2v) is 7.18. The summed E-state index contributed by atoms with van der Waals surface area (Å²) in [6, 6.07) is 11.0. The molecule has 3 aromatic rings. The van der Waals surface area contributed by atoms with Crippen LogP contribution < -0.4 is 9.47 Å². The predicted molar refractivity (Wildman–Crippen MR) is 107 cm³/mol. The normalized spacial score (nSPS) is 11.8. The van der Waals surface area contributed by atoms with Gasteiger partial charge in [-0.25, -0.2) is 4.79 Å². The van der Waals surface area contributed by atoms with E-state index in [0.29, 0.717) is 17.1 Å². The van der Waals surface area contributed by atoms with E-state index in [-0.39, 0.29) is 24.9 Å². The third kappa shape index (κ3) is 5.77. The number of hydrogen-bond acceptors (Lipinski definition) is 7. The third-order valence-electron chi connectivity index (χ3n) is 4.26.